The number of likely N-dealkylation sites (N-methyl/N-ethyl adjacent to an activating group) is 1. The van der Waals surface area contributed by atoms with Gasteiger partial charge in [0.05, 0.1) is 5.52 Å². The monoisotopic (exact) mass is 394 g/mol. The first-order chi connectivity index (χ1) is 14.1. The summed E-state index contributed by atoms with van der Waals surface area (Å²) in [5.41, 5.74) is 3.31. The Morgan fingerprint density at radius 3 is 2.52 bits per heavy atom. The molecule has 1 N–H and O–H groups in total. The van der Waals surface area contributed by atoms with Gasteiger partial charge in [-0.2, -0.15) is 0 Å². The number of benzene rings is 2. The second kappa shape index (κ2) is 8.53. The number of para-hydroxylation sites is 2. The van der Waals surface area contributed by atoms with Crippen molar-refractivity contribution in [3.05, 3.63) is 59.1 Å². The molecule has 1 aliphatic rings. The first kappa shape index (κ1) is 19.3. The third-order valence-corrected chi connectivity index (χ3v) is 5.38. The van der Waals surface area contributed by atoms with E-state index in [-0.39, 0.29) is 11.7 Å². The number of anilines is 2. The number of carbonyl (C=O) groups excluding carboxylic acids is 1. The van der Waals surface area contributed by atoms with Crippen LogP contribution < -0.4 is 16.0 Å². The second-order valence-corrected chi connectivity index (χ2v) is 7.48. The van der Waals surface area contributed by atoms with Crippen LogP contribution in [0.2, 0.25) is 0 Å². The lowest BCUT2D eigenvalue weighted by atomic mass is 10.2. The fourth-order valence-electron chi connectivity index (χ4n) is 3.67. The number of carbonyl (C=O) groups is 1. The molecule has 0 radical (unpaired) electrons. The van der Waals surface area contributed by atoms with Gasteiger partial charge in [0.15, 0.2) is 5.58 Å². The first-order valence-corrected chi connectivity index (χ1v) is 10.0. The van der Waals surface area contributed by atoms with Gasteiger partial charge in [0.1, 0.15) is 0 Å². The molecule has 29 heavy (non-hydrogen) atoms. The molecule has 2 heterocycles. The summed E-state index contributed by atoms with van der Waals surface area (Å²) in [5, 5.41) is 2.93. The van der Waals surface area contributed by atoms with Crippen LogP contribution in [0.25, 0.3) is 11.1 Å². The van der Waals surface area contributed by atoms with Crippen molar-refractivity contribution >= 4 is 28.4 Å². The molecule has 1 fully saturated rings. The number of oxazole rings is 1. The van der Waals surface area contributed by atoms with Crippen LogP contribution in [0.1, 0.15) is 12.8 Å². The molecular weight excluding hydrogens is 368 g/mol. The Balaban J connectivity index is 1.28. The van der Waals surface area contributed by atoms with Crippen molar-refractivity contribution in [3.63, 3.8) is 0 Å². The van der Waals surface area contributed by atoms with Gasteiger partial charge in [0.25, 0.3) is 0 Å². The van der Waals surface area contributed by atoms with E-state index in [0.29, 0.717) is 25.0 Å². The highest BCUT2D eigenvalue weighted by atomic mass is 16.4. The van der Waals surface area contributed by atoms with Crippen molar-refractivity contribution in [1.29, 1.82) is 0 Å². The SMILES string of the molecule is CN1CCN(c2ccc(NC(=O)CCCn3c(=O)oc4ccccc43)cc2)CC1. The minimum atomic E-state index is -0.383. The lowest BCUT2D eigenvalue weighted by Crippen LogP contribution is -2.44. The number of hydrogen-bond acceptors (Lipinski definition) is 5. The largest absolute Gasteiger partial charge is 0.419 e. The summed E-state index contributed by atoms with van der Waals surface area (Å²) in [5.74, 6) is -0.440. The summed E-state index contributed by atoms with van der Waals surface area (Å²) in [6.07, 6.45) is 0.904. The maximum atomic E-state index is 12.3. The molecule has 4 rings (SSSR count). The van der Waals surface area contributed by atoms with E-state index in [2.05, 4.69) is 34.3 Å². The Hall–Kier alpha value is -3.06. The smallest absolute Gasteiger partial charge is 0.408 e. The number of rotatable bonds is 6. The molecule has 152 valence electrons. The van der Waals surface area contributed by atoms with Gasteiger partial charge < -0.3 is 19.5 Å². The van der Waals surface area contributed by atoms with Crippen molar-refractivity contribution in [1.82, 2.24) is 9.47 Å². The van der Waals surface area contributed by atoms with Gasteiger partial charge in [0.2, 0.25) is 5.91 Å². The zero-order valence-electron chi connectivity index (χ0n) is 16.6. The number of fused-ring (bicyclic) bond motifs is 1. The zero-order valence-corrected chi connectivity index (χ0v) is 16.6. The number of amides is 1. The van der Waals surface area contributed by atoms with Gasteiger partial charge in [-0.25, -0.2) is 4.79 Å². The summed E-state index contributed by atoms with van der Waals surface area (Å²) < 4.78 is 6.80. The summed E-state index contributed by atoms with van der Waals surface area (Å²) >= 11 is 0. The Morgan fingerprint density at radius 1 is 1.03 bits per heavy atom. The van der Waals surface area contributed by atoms with Gasteiger partial charge in [0, 0.05) is 50.5 Å². The van der Waals surface area contributed by atoms with E-state index in [4.69, 9.17) is 4.42 Å². The van der Waals surface area contributed by atoms with Crippen molar-refractivity contribution < 1.29 is 9.21 Å². The standard InChI is InChI=1S/C22H26N4O3/c1-24-13-15-25(16-14-24)18-10-8-17(9-11-18)23-21(27)7-4-12-26-19-5-2-3-6-20(19)29-22(26)28/h2-3,5-6,8-11H,4,7,12-16H2,1H3,(H,23,27). The van der Waals surface area contributed by atoms with Crippen LogP contribution in [0.5, 0.6) is 0 Å². The van der Waals surface area contributed by atoms with Crippen LogP contribution in [0.4, 0.5) is 11.4 Å². The fourth-order valence-corrected chi connectivity index (χ4v) is 3.67. The van der Waals surface area contributed by atoms with E-state index in [9.17, 15) is 9.59 Å². The average molecular weight is 394 g/mol. The van der Waals surface area contributed by atoms with Crippen LogP contribution in [0, 0.1) is 0 Å². The van der Waals surface area contributed by atoms with E-state index >= 15 is 0 Å². The van der Waals surface area contributed by atoms with Crippen LogP contribution in [-0.4, -0.2) is 48.6 Å². The molecule has 1 aliphatic heterocycles. The van der Waals surface area contributed by atoms with Gasteiger partial charge in [-0.05, 0) is 49.9 Å². The van der Waals surface area contributed by atoms with Crippen molar-refractivity contribution in [3.8, 4) is 0 Å². The Morgan fingerprint density at radius 2 is 1.76 bits per heavy atom. The minimum Gasteiger partial charge on any atom is -0.408 e. The number of hydrogen-bond donors (Lipinski definition) is 1. The van der Waals surface area contributed by atoms with Crippen LogP contribution >= 0.6 is 0 Å². The van der Waals surface area contributed by atoms with Gasteiger partial charge >= 0.3 is 5.76 Å². The predicted octanol–water partition coefficient (Wildman–Crippen LogP) is 2.77. The quantitative estimate of drug-likeness (QED) is 0.696. The van der Waals surface area contributed by atoms with Gasteiger partial charge in [-0.3, -0.25) is 9.36 Å². The number of aromatic nitrogens is 1. The van der Waals surface area contributed by atoms with E-state index in [1.807, 2.05) is 30.3 Å². The maximum Gasteiger partial charge on any atom is 0.419 e. The predicted molar refractivity (Wildman–Crippen MR) is 114 cm³/mol. The average Bonchev–Trinajstić information content (AvgIpc) is 3.05. The lowest BCUT2D eigenvalue weighted by Gasteiger charge is -2.34. The number of aryl methyl sites for hydroxylation is 1. The number of nitrogens with one attached hydrogen (secondary N) is 1. The molecule has 0 saturated carbocycles. The Bertz CT molecular complexity index is 1030. The Kier molecular flexibility index (Phi) is 5.67. The maximum absolute atomic E-state index is 12.3. The number of nitrogens with zero attached hydrogens (tertiary/aromatic N) is 3. The summed E-state index contributed by atoms with van der Waals surface area (Å²) in [6, 6.07) is 15.3. The number of piperazine rings is 1. The highest BCUT2D eigenvalue weighted by molar-refractivity contribution is 5.90. The molecule has 0 aliphatic carbocycles. The third-order valence-electron chi connectivity index (χ3n) is 5.38. The molecule has 3 aromatic rings. The highest BCUT2D eigenvalue weighted by Gasteiger charge is 2.14. The van der Waals surface area contributed by atoms with Crippen molar-refractivity contribution in [2.75, 3.05) is 43.4 Å². The molecule has 1 saturated heterocycles. The van der Waals surface area contributed by atoms with Crippen LogP contribution in [0.3, 0.4) is 0 Å². The molecule has 0 atom stereocenters. The molecule has 0 unspecified atom stereocenters. The normalized spacial score (nSPS) is 15.0. The molecule has 2 aromatic carbocycles. The second-order valence-electron chi connectivity index (χ2n) is 7.48. The zero-order chi connectivity index (χ0) is 20.2. The van der Waals surface area contributed by atoms with Crippen molar-refractivity contribution in [2.24, 2.45) is 0 Å². The van der Waals surface area contributed by atoms with Crippen molar-refractivity contribution in [2.45, 2.75) is 19.4 Å². The van der Waals surface area contributed by atoms with E-state index < -0.39 is 0 Å². The summed E-state index contributed by atoms with van der Waals surface area (Å²) in [4.78, 5) is 28.9. The van der Waals surface area contributed by atoms with E-state index in [0.717, 1.165) is 37.4 Å². The topological polar surface area (TPSA) is 70.7 Å². The van der Waals surface area contributed by atoms with Crippen LogP contribution in [-0.2, 0) is 11.3 Å². The third kappa shape index (κ3) is 4.51. The molecule has 7 heteroatoms. The molecular formula is C22H26N4O3. The van der Waals surface area contributed by atoms with E-state index in [1.165, 1.54) is 5.69 Å². The lowest BCUT2D eigenvalue weighted by molar-refractivity contribution is -0.116. The Labute approximate surface area is 169 Å². The van der Waals surface area contributed by atoms with Crippen LogP contribution in [0.15, 0.2) is 57.7 Å². The first-order valence-electron chi connectivity index (χ1n) is 10.0. The molecule has 7 nitrogen and oxygen atoms in total. The summed E-state index contributed by atoms with van der Waals surface area (Å²) in [6.45, 7) is 4.61. The highest BCUT2D eigenvalue weighted by Crippen LogP contribution is 2.19. The molecule has 0 bridgehead atoms. The minimum absolute atomic E-state index is 0.0572. The van der Waals surface area contributed by atoms with E-state index in [1.54, 1.807) is 10.6 Å². The fraction of sp³-hybridized carbons (Fsp3) is 0.364. The summed E-state index contributed by atoms with van der Waals surface area (Å²) in [7, 11) is 2.14. The molecule has 0 spiro atoms. The molecule has 1 amide bonds. The van der Waals surface area contributed by atoms with Gasteiger partial charge in [-0.15, -0.1) is 0 Å². The van der Waals surface area contributed by atoms with Gasteiger partial charge in [-0.1, -0.05) is 12.1 Å². The molecule has 1 aromatic heterocycles.